The van der Waals surface area contributed by atoms with Crippen molar-refractivity contribution in [3.8, 4) is 0 Å². The summed E-state index contributed by atoms with van der Waals surface area (Å²) in [7, 11) is 0. The van der Waals surface area contributed by atoms with Crippen LogP contribution in [0.2, 0.25) is 0 Å². The molecule has 0 saturated carbocycles. The van der Waals surface area contributed by atoms with Gasteiger partial charge in [-0.05, 0) is 54.0 Å². The Hall–Kier alpha value is -1.71. The summed E-state index contributed by atoms with van der Waals surface area (Å²) >= 11 is 0. The van der Waals surface area contributed by atoms with Crippen LogP contribution in [-0.2, 0) is 12.8 Å². The third-order valence-corrected chi connectivity index (χ3v) is 3.67. The lowest BCUT2D eigenvalue weighted by molar-refractivity contribution is 0.515. The molecular formula is C18H25N3. The van der Waals surface area contributed by atoms with Crippen LogP contribution in [0.15, 0.2) is 48.8 Å². The molecule has 21 heavy (non-hydrogen) atoms. The summed E-state index contributed by atoms with van der Waals surface area (Å²) in [4.78, 5) is 4.05. The number of hydrazine groups is 1. The Morgan fingerprint density at radius 3 is 2.52 bits per heavy atom. The highest BCUT2D eigenvalue weighted by atomic mass is 15.2. The van der Waals surface area contributed by atoms with Gasteiger partial charge in [-0.2, -0.15) is 0 Å². The number of rotatable bonds is 7. The largest absolute Gasteiger partial charge is 0.271 e. The molecule has 0 bridgehead atoms. The summed E-state index contributed by atoms with van der Waals surface area (Å²) in [6.45, 7) is 4.49. The highest BCUT2D eigenvalue weighted by molar-refractivity contribution is 5.26. The van der Waals surface area contributed by atoms with E-state index in [9.17, 15) is 0 Å². The first kappa shape index (κ1) is 15.7. The molecule has 1 aromatic heterocycles. The summed E-state index contributed by atoms with van der Waals surface area (Å²) in [6, 6.07) is 13.1. The fourth-order valence-corrected chi connectivity index (χ4v) is 2.61. The predicted molar refractivity (Wildman–Crippen MR) is 87.6 cm³/mol. The fraction of sp³-hybridized carbons (Fsp3) is 0.389. The van der Waals surface area contributed by atoms with Gasteiger partial charge in [0.05, 0.1) is 0 Å². The highest BCUT2D eigenvalue weighted by Gasteiger charge is 2.10. The monoisotopic (exact) mass is 283 g/mol. The van der Waals surface area contributed by atoms with E-state index in [1.165, 1.54) is 16.7 Å². The third-order valence-electron chi connectivity index (χ3n) is 3.67. The third kappa shape index (κ3) is 4.96. The van der Waals surface area contributed by atoms with E-state index in [-0.39, 0.29) is 6.04 Å². The van der Waals surface area contributed by atoms with Gasteiger partial charge in [0.25, 0.3) is 0 Å². The van der Waals surface area contributed by atoms with E-state index in [1.807, 2.05) is 12.4 Å². The predicted octanol–water partition coefficient (Wildman–Crippen LogP) is 3.42. The Bertz CT molecular complexity index is 537. The van der Waals surface area contributed by atoms with Crippen molar-refractivity contribution in [2.24, 2.45) is 11.8 Å². The van der Waals surface area contributed by atoms with Crippen molar-refractivity contribution in [1.29, 1.82) is 0 Å². The fourth-order valence-electron chi connectivity index (χ4n) is 2.61. The van der Waals surface area contributed by atoms with Crippen LogP contribution in [-0.4, -0.2) is 4.98 Å². The maximum absolute atomic E-state index is 5.76. The van der Waals surface area contributed by atoms with Gasteiger partial charge in [0.15, 0.2) is 0 Å². The molecule has 1 atom stereocenters. The van der Waals surface area contributed by atoms with Crippen LogP contribution in [0.25, 0.3) is 0 Å². The zero-order valence-corrected chi connectivity index (χ0v) is 12.9. The van der Waals surface area contributed by atoms with Gasteiger partial charge in [0.1, 0.15) is 0 Å². The Kier molecular flexibility index (Phi) is 5.90. The maximum atomic E-state index is 5.76. The van der Waals surface area contributed by atoms with Crippen molar-refractivity contribution in [3.63, 3.8) is 0 Å². The average Bonchev–Trinajstić information content (AvgIpc) is 2.49. The van der Waals surface area contributed by atoms with Crippen molar-refractivity contribution in [3.05, 3.63) is 65.5 Å². The summed E-state index contributed by atoms with van der Waals surface area (Å²) in [5, 5.41) is 0. The average molecular weight is 283 g/mol. The summed E-state index contributed by atoms with van der Waals surface area (Å²) < 4.78 is 0. The molecule has 3 nitrogen and oxygen atoms in total. The highest BCUT2D eigenvalue weighted by Crippen LogP contribution is 2.20. The van der Waals surface area contributed by atoms with Crippen molar-refractivity contribution < 1.29 is 0 Å². The summed E-state index contributed by atoms with van der Waals surface area (Å²) in [5.41, 5.74) is 6.90. The summed E-state index contributed by atoms with van der Waals surface area (Å²) in [5.74, 6) is 6.43. The standard InChI is InChI=1S/C18H25N3/c1-14(2)12-16-4-3-5-17(13-16)18(21-19)7-6-15-8-10-20-11-9-15/h3-5,8-11,13-14,18,21H,6-7,12,19H2,1-2H3. The lowest BCUT2D eigenvalue weighted by Gasteiger charge is -2.17. The second-order valence-corrected chi connectivity index (χ2v) is 5.96. The Morgan fingerprint density at radius 2 is 1.86 bits per heavy atom. The molecule has 0 radical (unpaired) electrons. The number of hydrogen-bond acceptors (Lipinski definition) is 3. The topological polar surface area (TPSA) is 50.9 Å². The van der Waals surface area contributed by atoms with Crippen LogP contribution in [0.1, 0.15) is 43.0 Å². The first-order valence-corrected chi connectivity index (χ1v) is 7.63. The molecule has 2 rings (SSSR count). The number of nitrogens with two attached hydrogens (primary N) is 1. The minimum absolute atomic E-state index is 0.185. The van der Waals surface area contributed by atoms with Crippen molar-refractivity contribution >= 4 is 0 Å². The Morgan fingerprint density at radius 1 is 1.10 bits per heavy atom. The van der Waals surface area contributed by atoms with Gasteiger partial charge in [-0.25, -0.2) is 0 Å². The molecule has 0 amide bonds. The van der Waals surface area contributed by atoms with E-state index in [0.29, 0.717) is 5.92 Å². The number of hydrogen-bond donors (Lipinski definition) is 2. The molecule has 2 aromatic rings. The van der Waals surface area contributed by atoms with Gasteiger partial charge >= 0.3 is 0 Å². The molecule has 3 N–H and O–H groups in total. The zero-order valence-electron chi connectivity index (χ0n) is 12.9. The molecule has 3 heteroatoms. The smallest absolute Gasteiger partial charge is 0.0463 e. The van der Waals surface area contributed by atoms with Gasteiger partial charge < -0.3 is 0 Å². The lowest BCUT2D eigenvalue weighted by Crippen LogP contribution is -2.28. The van der Waals surface area contributed by atoms with Gasteiger partial charge in [-0.3, -0.25) is 16.3 Å². The number of nitrogens with one attached hydrogen (secondary N) is 1. The normalized spacial score (nSPS) is 12.6. The van der Waals surface area contributed by atoms with Crippen LogP contribution in [0.4, 0.5) is 0 Å². The number of benzene rings is 1. The second-order valence-electron chi connectivity index (χ2n) is 5.96. The number of nitrogens with zero attached hydrogens (tertiary/aromatic N) is 1. The van der Waals surface area contributed by atoms with E-state index in [0.717, 1.165) is 19.3 Å². The van der Waals surface area contributed by atoms with E-state index in [1.54, 1.807) is 0 Å². The second kappa shape index (κ2) is 7.91. The minimum Gasteiger partial charge on any atom is -0.271 e. The van der Waals surface area contributed by atoms with Crippen molar-refractivity contribution in [2.45, 2.75) is 39.2 Å². The van der Waals surface area contributed by atoms with E-state index < -0.39 is 0 Å². The number of pyridine rings is 1. The molecule has 112 valence electrons. The molecule has 0 aliphatic heterocycles. The number of aromatic nitrogens is 1. The van der Waals surface area contributed by atoms with Crippen LogP contribution in [0, 0.1) is 5.92 Å². The zero-order chi connectivity index (χ0) is 15.1. The first-order chi connectivity index (χ1) is 10.2. The van der Waals surface area contributed by atoms with Gasteiger partial charge in [0.2, 0.25) is 0 Å². The van der Waals surface area contributed by atoms with Gasteiger partial charge in [0, 0.05) is 18.4 Å². The minimum atomic E-state index is 0.185. The number of aryl methyl sites for hydroxylation is 1. The molecule has 0 spiro atoms. The molecule has 0 aliphatic carbocycles. The van der Waals surface area contributed by atoms with Crippen molar-refractivity contribution in [1.82, 2.24) is 10.4 Å². The maximum Gasteiger partial charge on any atom is 0.0463 e. The quantitative estimate of drug-likeness (QED) is 0.605. The molecule has 0 saturated heterocycles. The van der Waals surface area contributed by atoms with Crippen LogP contribution in [0.5, 0.6) is 0 Å². The molecule has 0 aliphatic rings. The van der Waals surface area contributed by atoms with Gasteiger partial charge in [-0.1, -0.05) is 38.1 Å². The summed E-state index contributed by atoms with van der Waals surface area (Å²) in [6.07, 6.45) is 6.75. The lowest BCUT2D eigenvalue weighted by atomic mass is 9.95. The SMILES string of the molecule is CC(C)Cc1cccc(C(CCc2ccncc2)NN)c1. The van der Waals surface area contributed by atoms with Crippen LogP contribution < -0.4 is 11.3 Å². The van der Waals surface area contributed by atoms with E-state index in [2.05, 4.69) is 60.7 Å². The molecular weight excluding hydrogens is 258 g/mol. The molecule has 1 heterocycles. The van der Waals surface area contributed by atoms with E-state index >= 15 is 0 Å². The van der Waals surface area contributed by atoms with Crippen LogP contribution in [0.3, 0.4) is 0 Å². The van der Waals surface area contributed by atoms with E-state index in [4.69, 9.17) is 5.84 Å². The van der Waals surface area contributed by atoms with Gasteiger partial charge in [-0.15, -0.1) is 0 Å². The van der Waals surface area contributed by atoms with Crippen molar-refractivity contribution in [2.75, 3.05) is 0 Å². The Labute approximate surface area is 127 Å². The Balaban J connectivity index is 2.03. The first-order valence-electron chi connectivity index (χ1n) is 7.63. The van der Waals surface area contributed by atoms with Crippen LogP contribution >= 0.6 is 0 Å². The molecule has 1 aromatic carbocycles. The molecule has 1 unspecified atom stereocenters. The molecule has 0 fully saturated rings.